The first-order valence-electron chi connectivity index (χ1n) is 8.93. The Morgan fingerprint density at radius 3 is 2.73 bits per heavy atom. The molecule has 1 heterocycles. The van der Waals surface area contributed by atoms with E-state index >= 15 is 0 Å². The quantitative estimate of drug-likeness (QED) is 0.617. The highest BCUT2D eigenvalue weighted by Gasteiger charge is 2.25. The molecule has 5 nitrogen and oxygen atoms in total. The summed E-state index contributed by atoms with van der Waals surface area (Å²) in [5.74, 6) is -0.253. The van der Waals surface area contributed by atoms with Gasteiger partial charge in [-0.3, -0.25) is 4.90 Å². The maximum atomic E-state index is 12.5. The SMILES string of the molecule is CCOC(=O)C1=C(Nc2cccc(N)c2)CCN(Cc2ccccc2)C1. The molecule has 0 fully saturated rings. The summed E-state index contributed by atoms with van der Waals surface area (Å²) in [5.41, 5.74) is 10.3. The molecule has 0 unspecified atom stereocenters. The van der Waals surface area contributed by atoms with Crippen molar-refractivity contribution in [3.05, 3.63) is 71.4 Å². The molecule has 1 aliphatic rings. The van der Waals surface area contributed by atoms with Crippen LogP contribution in [0.15, 0.2) is 65.9 Å². The zero-order valence-electron chi connectivity index (χ0n) is 15.1. The number of benzene rings is 2. The van der Waals surface area contributed by atoms with E-state index in [0.29, 0.717) is 24.4 Å². The summed E-state index contributed by atoms with van der Waals surface area (Å²) in [6.07, 6.45) is 0.760. The number of nitrogens with two attached hydrogens (primary N) is 1. The fourth-order valence-electron chi connectivity index (χ4n) is 3.13. The lowest BCUT2D eigenvalue weighted by atomic mass is 10.0. The van der Waals surface area contributed by atoms with E-state index in [2.05, 4.69) is 22.3 Å². The Morgan fingerprint density at radius 1 is 1.19 bits per heavy atom. The first-order chi connectivity index (χ1) is 12.7. The first-order valence-corrected chi connectivity index (χ1v) is 8.93. The Hall–Kier alpha value is -2.79. The van der Waals surface area contributed by atoms with E-state index in [1.807, 2.05) is 49.4 Å². The average molecular weight is 351 g/mol. The smallest absolute Gasteiger partial charge is 0.337 e. The van der Waals surface area contributed by atoms with Crippen molar-refractivity contribution in [2.24, 2.45) is 0 Å². The molecule has 5 heteroatoms. The van der Waals surface area contributed by atoms with Gasteiger partial charge >= 0.3 is 5.97 Å². The van der Waals surface area contributed by atoms with Gasteiger partial charge in [0.25, 0.3) is 0 Å². The molecule has 0 radical (unpaired) electrons. The number of nitrogen functional groups attached to an aromatic ring is 1. The topological polar surface area (TPSA) is 67.6 Å². The number of hydrogen-bond acceptors (Lipinski definition) is 5. The predicted octanol–water partition coefficient (Wildman–Crippen LogP) is 3.40. The molecule has 0 atom stereocenters. The molecule has 0 amide bonds. The lowest BCUT2D eigenvalue weighted by Gasteiger charge is -2.30. The summed E-state index contributed by atoms with van der Waals surface area (Å²) >= 11 is 0. The van der Waals surface area contributed by atoms with Crippen LogP contribution in [0.4, 0.5) is 11.4 Å². The van der Waals surface area contributed by atoms with Gasteiger partial charge in [-0.05, 0) is 30.7 Å². The normalized spacial score (nSPS) is 15.0. The van der Waals surface area contributed by atoms with Crippen LogP contribution >= 0.6 is 0 Å². The van der Waals surface area contributed by atoms with Crippen molar-refractivity contribution in [3.8, 4) is 0 Å². The van der Waals surface area contributed by atoms with Gasteiger partial charge in [0.2, 0.25) is 0 Å². The highest BCUT2D eigenvalue weighted by molar-refractivity contribution is 5.90. The van der Waals surface area contributed by atoms with E-state index in [1.54, 1.807) is 0 Å². The highest BCUT2D eigenvalue weighted by atomic mass is 16.5. The second-order valence-electron chi connectivity index (χ2n) is 6.37. The number of nitrogens with one attached hydrogen (secondary N) is 1. The van der Waals surface area contributed by atoms with Gasteiger partial charge < -0.3 is 15.8 Å². The molecular weight excluding hydrogens is 326 g/mol. The van der Waals surface area contributed by atoms with Crippen molar-refractivity contribution in [3.63, 3.8) is 0 Å². The Bertz CT molecular complexity index is 787. The van der Waals surface area contributed by atoms with Crippen LogP contribution in [0.5, 0.6) is 0 Å². The zero-order valence-corrected chi connectivity index (χ0v) is 15.1. The van der Waals surface area contributed by atoms with Gasteiger partial charge in [-0.25, -0.2) is 4.79 Å². The van der Waals surface area contributed by atoms with Crippen LogP contribution < -0.4 is 11.1 Å². The van der Waals surface area contributed by atoms with Crippen LogP contribution in [-0.2, 0) is 16.1 Å². The Balaban J connectivity index is 1.79. The molecule has 0 spiro atoms. The van der Waals surface area contributed by atoms with Gasteiger partial charge in [0.05, 0.1) is 12.2 Å². The third kappa shape index (κ3) is 4.64. The predicted molar refractivity (Wildman–Crippen MR) is 104 cm³/mol. The minimum Gasteiger partial charge on any atom is -0.463 e. The molecule has 2 aromatic carbocycles. The van der Waals surface area contributed by atoms with Crippen molar-refractivity contribution in [1.82, 2.24) is 4.90 Å². The minimum absolute atomic E-state index is 0.253. The third-order valence-corrected chi connectivity index (χ3v) is 4.38. The van der Waals surface area contributed by atoms with Gasteiger partial charge in [-0.2, -0.15) is 0 Å². The number of ether oxygens (including phenoxy) is 1. The molecular formula is C21H25N3O2. The van der Waals surface area contributed by atoms with Crippen molar-refractivity contribution in [2.45, 2.75) is 19.9 Å². The van der Waals surface area contributed by atoms with Gasteiger partial charge in [-0.1, -0.05) is 36.4 Å². The lowest BCUT2D eigenvalue weighted by molar-refractivity contribution is -0.139. The monoisotopic (exact) mass is 351 g/mol. The van der Waals surface area contributed by atoms with Crippen LogP contribution in [0.1, 0.15) is 18.9 Å². The molecule has 0 aliphatic carbocycles. The lowest BCUT2D eigenvalue weighted by Crippen LogP contribution is -2.35. The first kappa shape index (κ1) is 18.0. The number of carbonyl (C=O) groups is 1. The van der Waals surface area contributed by atoms with E-state index < -0.39 is 0 Å². The van der Waals surface area contributed by atoms with Gasteiger partial charge in [0, 0.05) is 43.1 Å². The number of esters is 1. The second kappa shape index (κ2) is 8.54. The molecule has 3 rings (SSSR count). The number of carbonyl (C=O) groups excluding carboxylic acids is 1. The van der Waals surface area contributed by atoms with Crippen molar-refractivity contribution in [1.29, 1.82) is 0 Å². The fraction of sp³-hybridized carbons (Fsp3) is 0.286. The largest absolute Gasteiger partial charge is 0.463 e. The molecule has 1 aliphatic heterocycles. The summed E-state index contributed by atoms with van der Waals surface area (Å²) < 4.78 is 5.28. The Morgan fingerprint density at radius 2 is 2.00 bits per heavy atom. The third-order valence-electron chi connectivity index (χ3n) is 4.38. The standard InChI is InChI=1S/C21H25N3O2/c1-2-26-21(25)19-15-24(14-16-7-4-3-5-8-16)12-11-20(19)23-18-10-6-9-17(22)13-18/h3-10,13,23H,2,11-12,14-15,22H2,1H3. The fourth-order valence-corrected chi connectivity index (χ4v) is 3.13. The van der Waals surface area contributed by atoms with Crippen molar-refractivity contribution in [2.75, 3.05) is 30.7 Å². The van der Waals surface area contributed by atoms with Gasteiger partial charge in [0.1, 0.15) is 0 Å². The van der Waals surface area contributed by atoms with Crippen LogP contribution in [0.2, 0.25) is 0 Å². The Labute approximate surface area is 154 Å². The second-order valence-corrected chi connectivity index (χ2v) is 6.37. The summed E-state index contributed by atoms with van der Waals surface area (Å²) in [5, 5.41) is 3.37. The van der Waals surface area contributed by atoms with Crippen LogP contribution in [-0.4, -0.2) is 30.6 Å². The van der Waals surface area contributed by atoms with Gasteiger partial charge in [0.15, 0.2) is 0 Å². The Kier molecular flexibility index (Phi) is 5.92. The molecule has 0 saturated carbocycles. The van der Waals surface area contributed by atoms with Crippen molar-refractivity contribution >= 4 is 17.3 Å². The zero-order chi connectivity index (χ0) is 18.4. The summed E-state index contributed by atoms with van der Waals surface area (Å²) in [6.45, 7) is 4.46. The number of hydrogen-bond donors (Lipinski definition) is 2. The summed E-state index contributed by atoms with van der Waals surface area (Å²) in [4.78, 5) is 14.8. The molecule has 0 saturated heterocycles. The maximum Gasteiger partial charge on any atom is 0.337 e. The van der Waals surface area contributed by atoms with Crippen LogP contribution in [0, 0.1) is 0 Å². The molecule has 2 aromatic rings. The van der Waals surface area contributed by atoms with Gasteiger partial charge in [-0.15, -0.1) is 0 Å². The number of rotatable bonds is 6. The van der Waals surface area contributed by atoms with E-state index in [9.17, 15) is 4.79 Å². The molecule has 0 bridgehead atoms. The van der Waals surface area contributed by atoms with Crippen LogP contribution in [0.25, 0.3) is 0 Å². The van der Waals surface area contributed by atoms with E-state index in [1.165, 1.54) is 5.56 Å². The molecule has 3 N–H and O–H groups in total. The maximum absolute atomic E-state index is 12.5. The molecule has 0 aromatic heterocycles. The average Bonchev–Trinajstić information content (AvgIpc) is 2.64. The van der Waals surface area contributed by atoms with E-state index in [4.69, 9.17) is 10.5 Å². The van der Waals surface area contributed by atoms with Crippen molar-refractivity contribution < 1.29 is 9.53 Å². The summed E-state index contributed by atoms with van der Waals surface area (Å²) in [6, 6.07) is 17.8. The molecule has 26 heavy (non-hydrogen) atoms. The van der Waals surface area contributed by atoms with E-state index in [-0.39, 0.29) is 5.97 Å². The number of nitrogens with zero attached hydrogens (tertiary/aromatic N) is 1. The van der Waals surface area contributed by atoms with Crippen LogP contribution in [0.3, 0.4) is 0 Å². The highest BCUT2D eigenvalue weighted by Crippen LogP contribution is 2.24. The van der Waals surface area contributed by atoms with E-state index in [0.717, 1.165) is 30.9 Å². The minimum atomic E-state index is -0.253. The summed E-state index contributed by atoms with van der Waals surface area (Å²) in [7, 11) is 0. The number of anilines is 2. The molecule has 136 valence electrons.